The zero-order chi connectivity index (χ0) is 21.3. The Balaban J connectivity index is 1.56. The van der Waals surface area contributed by atoms with Gasteiger partial charge in [0.1, 0.15) is 0 Å². The number of pyridine rings is 1. The highest BCUT2D eigenvalue weighted by Gasteiger charge is 2.22. The summed E-state index contributed by atoms with van der Waals surface area (Å²) in [5, 5.41) is 5.10. The van der Waals surface area contributed by atoms with Gasteiger partial charge in [0.2, 0.25) is 0 Å². The average molecular weight is 393 g/mol. The summed E-state index contributed by atoms with van der Waals surface area (Å²) >= 11 is 0. The molecule has 30 heavy (non-hydrogen) atoms. The largest absolute Gasteiger partial charge is 0.322 e. The lowest BCUT2D eigenvalue weighted by molar-refractivity contribution is 0.0966. The van der Waals surface area contributed by atoms with Crippen LogP contribution in [0.5, 0.6) is 0 Å². The van der Waals surface area contributed by atoms with E-state index in [1.54, 1.807) is 6.20 Å². The molecule has 1 heterocycles. The molecular formula is C27H24N2O. The summed E-state index contributed by atoms with van der Waals surface area (Å²) in [4.78, 5) is 17.0. The molecule has 1 aromatic heterocycles. The molecule has 3 nitrogen and oxygen atoms in total. The van der Waals surface area contributed by atoms with Crippen molar-refractivity contribution in [2.75, 3.05) is 0 Å². The number of amides is 1. The van der Waals surface area contributed by atoms with E-state index in [2.05, 4.69) is 42.9 Å². The number of rotatable bonds is 2. The first kappa shape index (κ1) is 19.7. The minimum absolute atomic E-state index is 0.0946. The topological polar surface area (TPSA) is 42.0 Å². The molecule has 2 aromatic carbocycles. The molecule has 1 aliphatic rings. The molecule has 0 atom stereocenters. The summed E-state index contributed by atoms with van der Waals surface area (Å²) in [7, 11) is 0. The molecule has 1 amide bonds. The van der Waals surface area contributed by atoms with Crippen LogP contribution in [-0.4, -0.2) is 10.9 Å². The van der Waals surface area contributed by atoms with Crippen molar-refractivity contribution in [2.45, 2.75) is 27.7 Å². The van der Waals surface area contributed by atoms with E-state index in [1.807, 2.05) is 67.7 Å². The van der Waals surface area contributed by atoms with Crippen LogP contribution in [0, 0.1) is 24.2 Å². The van der Waals surface area contributed by atoms with Crippen molar-refractivity contribution in [3.63, 3.8) is 0 Å². The van der Waals surface area contributed by atoms with Crippen LogP contribution >= 0.6 is 0 Å². The van der Waals surface area contributed by atoms with Gasteiger partial charge in [0, 0.05) is 40.0 Å². The predicted molar refractivity (Wildman–Crippen MR) is 122 cm³/mol. The van der Waals surface area contributed by atoms with Crippen LogP contribution in [0.4, 0.5) is 0 Å². The van der Waals surface area contributed by atoms with Crippen LogP contribution in [-0.2, 0) is 0 Å². The lowest BCUT2D eigenvalue weighted by atomic mass is 9.81. The number of hydrogen-bond donors (Lipinski definition) is 1. The Labute approximate surface area is 177 Å². The second-order valence-electron chi connectivity index (χ2n) is 8.59. The van der Waals surface area contributed by atoms with Crippen LogP contribution in [0.1, 0.15) is 47.8 Å². The smallest absolute Gasteiger partial charge is 0.255 e. The lowest BCUT2D eigenvalue weighted by Gasteiger charge is -2.27. The molecule has 3 heteroatoms. The Morgan fingerprint density at radius 2 is 1.70 bits per heavy atom. The summed E-state index contributed by atoms with van der Waals surface area (Å²) < 4.78 is 0. The van der Waals surface area contributed by atoms with Gasteiger partial charge in [0.15, 0.2) is 0 Å². The molecule has 4 rings (SSSR count). The predicted octanol–water partition coefficient (Wildman–Crippen LogP) is 5.54. The maximum Gasteiger partial charge on any atom is 0.255 e. The highest BCUT2D eigenvalue weighted by atomic mass is 16.1. The monoisotopic (exact) mass is 392 g/mol. The van der Waals surface area contributed by atoms with E-state index in [9.17, 15) is 4.79 Å². The molecule has 0 saturated carbocycles. The zero-order valence-corrected chi connectivity index (χ0v) is 17.7. The molecule has 0 radical (unpaired) electrons. The van der Waals surface area contributed by atoms with Crippen LogP contribution < -0.4 is 5.32 Å². The van der Waals surface area contributed by atoms with Crippen LogP contribution in [0.2, 0.25) is 0 Å². The highest BCUT2D eigenvalue weighted by Crippen LogP contribution is 2.33. The summed E-state index contributed by atoms with van der Waals surface area (Å²) in [5.74, 6) is 6.34. The lowest BCUT2D eigenvalue weighted by Crippen LogP contribution is -2.26. The van der Waals surface area contributed by atoms with Gasteiger partial charge >= 0.3 is 0 Å². The van der Waals surface area contributed by atoms with Gasteiger partial charge in [-0.3, -0.25) is 9.78 Å². The molecule has 148 valence electrons. The third kappa shape index (κ3) is 4.04. The van der Waals surface area contributed by atoms with Crippen molar-refractivity contribution < 1.29 is 4.79 Å². The molecule has 0 aliphatic heterocycles. The van der Waals surface area contributed by atoms with Gasteiger partial charge in [-0.25, -0.2) is 0 Å². The van der Waals surface area contributed by atoms with Gasteiger partial charge in [-0.15, -0.1) is 0 Å². The van der Waals surface area contributed by atoms with E-state index < -0.39 is 0 Å². The quantitative estimate of drug-likeness (QED) is 0.582. The van der Waals surface area contributed by atoms with E-state index in [-0.39, 0.29) is 11.3 Å². The molecular weight excluding hydrogens is 368 g/mol. The Hall–Kier alpha value is -3.64. The third-order valence-electron chi connectivity index (χ3n) is 5.25. The maximum absolute atomic E-state index is 12.7. The van der Waals surface area contributed by atoms with Crippen LogP contribution in [0.3, 0.4) is 0 Å². The molecule has 3 aromatic rings. The van der Waals surface area contributed by atoms with Gasteiger partial charge in [-0.1, -0.05) is 62.9 Å². The fourth-order valence-corrected chi connectivity index (χ4v) is 3.28. The summed E-state index contributed by atoms with van der Waals surface area (Å²) in [6.45, 7) is 8.47. The molecule has 1 aliphatic carbocycles. The number of carbonyl (C=O) groups excluding carboxylic acids is 1. The fraction of sp³-hybridized carbons (Fsp3) is 0.185. The number of benzene rings is 2. The number of fused-ring (bicyclic) bond motifs is 1. The van der Waals surface area contributed by atoms with Crippen molar-refractivity contribution in [2.24, 2.45) is 5.41 Å². The van der Waals surface area contributed by atoms with E-state index in [0.717, 1.165) is 33.2 Å². The number of aryl methyl sites for hydroxylation is 1. The van der Waals surface area contributed by atoms with Gasteiger partial charge in [-0.2, -0.15) is 0 Å². The molecule has 0 fully saturated rings. The van der Waals surface area contributed by atoms with Crippen LogP contribution in [0.25, 0.3) is 10.8 Å². The Bertz CT molecular complexity index is 1270. The number of carbonyl (C=O) groups is 1. The molecule has 0 saturated heterocycles. The Kier molecular flexibility index (Phi) is 5.01. The third-order valence-corrected chi connectivity index (χ3v) is 5.25. The number of allylic oxidation sites excluding steroid dienone is 3. The standard InChI is InChI=1S/C27H24N2O/c1-18-9-10-20(26(30)29-24-14-23(15-24)27(2,3)4)13-19(18)11-12-22-17-28-16-21-7-5-6-8-25(21)22/h5-10,13-17H,1-4H3,(H,29,30). The second-order valence-corrected chi connectivity index (χ2v) is 8.59. The summed E-state index contributed by atoms with van der Waals surface area (Å²) in [5.41, 5.74) is 5.52. The van der Waals surface area contributed by atoms with Gasteiger partial charge in [0.05, 0.1) is 5.56 Å². The normalized spacial score (nSPS) is 12.9. The Morgan fingerprint density at radius 3 is 2.47 bits per heavy atom. The van der Waals surface area contributed by atoms with E-state index in [1.165, 1.54) is 5.57 Å². The van der Waals surface area contributed by atoms with Crippen molar-refractivity contribution in [1.82, 2.24) is 10.3 Å². The first-order valence-electron chi connectivity index (χ1n) is 10.0. The minimum atomic E-state index is -0.125. The number of nitrogens with zero attached hydrogens (tertiary/aromatic N) is 1. The second kappa shape index (κ2) is 7.65. The van der Waals surface area contributed by atoms with Crippen molar-refractivity contribution in [3.05, 3.63) is 101 Å². The average Bonchev–Trinajstić information content (AvgIpc) is 2.68. The number of aromatic nitrogens is 1. The fourth-order valence-electron chi connectivity index (χ4n) is 3.28. The molecule has 0 bridgehead atoms. The zero-order valence-electron chi connectivity index (χ0n) is 17.7. The van der Waals surface area contributed by atoms with Crippen LogP contribution in [0.15, 0.2) is 78.3 Å². The van der Waals surface area contributed by atoms with Gasteiger partial charge in [-0.05, 0) is 47.8 Å². The highest BCUT2D eigenvalue weighted by molar-refractivity contribution is 5.96. The molecule has 1 N–H and O–H groups in total. The maximum atomic E-state index is 12.7. The minimum Gasteiger partial charge on any atom is -0.322 e. The number of hydrogen-bond acceptors (Lipinski definition) is 2. The van der Waals surface area contributed by atoms with Crippen molar-refractivity contribution in [1.29, 1.82) is 0 Å². The summed E-state index contributed by atoms with van der Waals surface area (Å²) in [6.07, 6.45) is 7.68. The number of nitrogens with one attached hydrogen (secondary N) is 1. The molecule has 0 unspecified atom stereocenters. The first-order valence-corrected chi connectivity index (χ1v) is 10.0. The SMILES string of the molecule is Cc1ccc(C(=O)NC2=CC(C(C)(C)C)=C2)cc1C#Cc1cncc2ccccc12. The van der Waals surface area contributed by atoms with Gasteiger partial charge in [0.25, 0.3) is 5.91 Å². The Morgan fingerprint density at radius 1 is 0.967 bits per heavy atom. The van der Waals surface area contributed by atoms with Gasteiger partial charge < -0.3 is 5.32 Å². The van der Waals surface area contributed by atoms with E-state index >= 15 is 0 Å². The van der Waals surface area contributed by atoms with E-state index in [4.69, 9.17) is 0 Å². The van der Waals surface area contributed by atoms with Crippen molar-refractivity contribution in [3.8, 4) is 11.8 Å². The first-order chi connectivity index (χ1) is 14.3. The van der Waals surface area contributed by atoms with Crippen molar-refractivity contribution >= 4 is 16.7 Å². The summed E-state index contributed by atoms with van der Waals surface area (Å²) in [6, 6.07) is 13.7. The molecule has 0 spiro atoms. The van der Waals surface area contributed by atoms with E-state index in [0.29, 0.717) is 5.56 Å².